The van der Waals surface area contributed by atoms with Crippen LogP contribution in [0.5, 0.6) is 0 Å². The number of rotatable bonds is 6. The molecular formula is C15H24N2O2S. The lowest BCUT2D eigenvalue weighted by atomic mass is 10.1. The summed E-state index contributed by atoms with van der Waals surface area (Å²) in [5.74, 6) is 0.814. The standard InChI is InChI=1S/C15H24N2O2S/c1-12(14-8-9-14)17(4)11-13-6-5-7-15(10-13)20(18,19)16(2)3/h5-7,10,12,14H,8-9,11H2,1-4H3/t12-/m1/s1. The van der Waals surface area contributed by atoms with Crippen molar-refractivity contribution in [3.63, 3.8) is 0 Å². The van der Waals surface area contributed by atoms with E-state index in [1.165, 1.54) is 17.1 Å². The van der Waals surface area contributed by atoms with Crippen molar-refractivity contribution >= 4 is 10.0 Å². The van der Waals surface area contributed by atoms with Gasteiger partial charge in [0, 0.05) is 26.7 Å². The van der Waals surface area contributed by atoms with Crippen LogP contribution in [0.4, 0.5) is 0 Å². The summed E-state index contributed by atoms with van der Waals surface area (Å²) in [5, 5.41) is 0. The van der Waals surface area contributed by atoms with Gasteiger partial charge in [-0.3, -0.25) is 4.90 Å². The molecule has 2 rings (SSSR count). The predicted octanol–water partition coefficient (Wildman–Crippen LogP) is 2.17. The van der Waals surface area contributed by atoms with Crippen LogP contribution < -0.4 is 0 Å². The van der Waals surface area contributed by atoms with Gasteiger partial charge in [-0.05, 0) is 50.4 Å². The predicted molar refractivity (Wildman–Crippen MR) is 81.0 cm³/mol. The maximum absolute atomic E-state index is 12.1. The third kappa shape index (κ3) is 3.40. The van der Waals surface area contributed by atoms with Crippen molar-refractivity contribution in [3.8, 4) is 0 Å². The smallest absolute Gasteiger partial charge is 0.242 e. The second-order valence-corrected chi connectivity index (χ2v) is 8.08. The van der Waals surface area contributed by atoms with Crippen LogP contribution in [0.3, 0.4) is 0 Å². The Morgan fingerprint density at radius 2 is 1.90 bits per heavy atom. The molecule has 1 aliphatic rings. The molecule has 0 aromatic heterocycles. The number of hydrogen-bond donors (Lipinski definition) is 0. The lowest BCUT2D eigenvalue weighted by Gasteiger charge is -2.24. The van der Waals surface area contributed by atoms with Gasteiger partial charge in [0.25, 0.3) is 0 Å². The van der Waals surface area contributed by atoms with Gasteiger partial charge in [0.1, 0.15) is 0 Å². The number of hydrogen-bond acceptors (Lipinski definition) is 3. The third-order valence-corrected chi connectivity index (χ3v) is 5.92. The van der Waals surface area contributed by atoms with Crippen LogP contribution in [-0.2, 0) is 16.6 Å². The highest BCUT2D eigenvalue weighted by Gasteiger charge is 2.30. The van der Waals surface area contributed by atoms with Crippen LogP contribution in [0.2, 0.25) is 0 Å². The fourth-order valence-electron chi connectivity index (χ4n) is 2.39. The summed E-state index contributed by atoms with van der Waals surface area (Å²) in [5.41, 5.74) is 1.04. The van der Waals surface area contributed by atoms with E-state index in [2.05, 4.69) is 18.9 Å². The van der Waals surface area contributed by atoms with Crippen molar-refractivity contribution in [2.75, 3.05) is 21.1 Å². The molecule has 1 atom stereocenters. The van der Waals surface area contributed by atoms with Gasteiger partial charge >= 0.3 is 0 Å². The van der Waals surface area contributed by atoms with Gasteiger partial charge in [-0.2, -0.15) is 0 Å². The van der Waals surface area contributed by atoms with Gasteiger partial charge < -0.3 is 0 Å². The summed E-state index contributed by atoms with van der Waals surface area (Å²) < 4.78 is 25.5. The fourth-order valence-corrected chi connectivity index (χ4v) is 3.36. The normalized spacial score (nSPS) is 17.7. The van der Waals surface area contributed by atoms with Crippen molar-refractivity contribution in [1.82, 2.24) is 9.21 Å². The minimum Gasteiger partial charge on any atom is -0.299 e. The van der Waals surface area contributed by atoms with Crippen LogP contribution in [0.15, 0.2) is 29.2 Å². The molecule has 20 heavy (non-hydrogen) atoms. The summed E-state index contributed by atoms with van der Waals surface area (Å²) in [6, 6.07) is 7.81. The summed E-state index contributed by atoms with van der Waals surface area (Å²) >= 11 is 0. The molecule has 0 amide bonds. The Balaban J connectivity index is 2.13. The van der Waals surface area contributed by atoms with Crippen molar-refractivity contribution in [2.45, 2.75) is 37.2 Å². The molecule has 4 nitrogen and oxygen atoms in total. The van der Waals surface area contributed by atoms with Crippen molar-refractivity contribution in [2.24, 2.45) is 5.92 Å². The van der Waals surface area contributed by atoms with E-state index in [1.807, 2.05) is 12.1 Å². The van der Waals surface area contributed by atoms with E-state index in [-0.39, 0.29) is 0 Å². The maximum atomic E-state index is 12.1. The molecule has 1 aliphatic carbocycles. The average Bonchev–Trinajstić information content (AvgIpc) is 3.22. The Morgan fingerprint density at radius 3 is 2.45 bits per heavy atom. The first-order valence-corrected chi connectivity index (χ1v) is 8.48. The van der Waals surface area contributed by atoms with E-state index in [4.69, 9.17) is 0 Å². The van der Waals surface area contributed by atoms with E-state index in [9.17, 15) is 8.42 Å². The molecule has 0 spiro atoms. The minimum atomic E-state index is -3.34. The van der Waals surface area contributed by atoms with Crippen molar-refractivity contribution in [3.05, 3.63) is 29.8 Å². The lowest BCUT2D eigenvalue weighted by molar-refractivity contribution is 0.226. The molecule has 0 heterocycles. The summed E-state index contributed by atoms with van der Waals surface area (Å²) in [4.78, 5) is 2.67. The molecule has 0 N–H and O–H groups in total. The van der Waals surface area contributed by atoms with Gasteiger partial charge in [-0.15, -0.1) is 0 Å². The fraction of sp³-hybridized carbons (Fsp3) is 0.600. The van der Waals surface area contributed by atoms with Gasteiger partial charge in [0.2, 0.25) is 10.0 Å². The molecule has 1 fully saturated rings. The Hall–Kier alpha value is -0.910. The molecule has 5 heteroatoms. The van der Waals surface area contributed by atoms with E-state index in [0.717, 1.165) is 18.0 Å². The molecule has 1 aromatic carbocycles. The van der Waals surface area contributed by atoms with Crippen molar-refractivity contribution < 1.29 is 8.42 Å². The van der Waals surface area contributed by atoms with Crippen LogP contribution in [0.1, 0.15) is 25.3 Å². The monoisotopic (exact) mass is 296 g/mol. The summed E-state index contributed by atoms with van der Waals surface area (Å²) in [7, 11) is 1.88. The number of nitrogens with zero attached hydrogens (tertiary/aromatic N) is 2. The van der Waals surface area contributed by atoms with Gasteiger partial charge in [0.05, 0.1) is 4.90 Å². The topological polar surface area (TPSA) is 40.6 Å². The van der Waals surface area contributed by atoms with Crippen LogP contribution in [-0.4, -0.2) is 44.8 Å². The number of sulfonamides is 1. The average molecular weight is 296 g/mol. The van der Waals surface area contributed by atoms with E-state index in [1.54, 1.807) is 26.2 Å². The zero-order valence-electron chi connectivity index (χ0n) is 12.7. The second kappa shape index (κ2) is 5.84. The Kier molecular flexibility index (Phi) is 4.52. The quantitative estimate of drug-likeness (QED) is 0.808. The molecule has 0 aliphatic heterocycles. The highest BCUT2D eigenvalue weighted by atomic mass is 32.2. The van der Waals surface area contributed by atoms with Crippen LogP contribution in [0, 0.1) is 5.92 Å². The van der Waals surface area contributed by atoms with Crippen molar-refractivity contribution in [1.29, 1.82) is 0 Å². The van der Waals surface area contributed by atoms with Gasteiger partial charge in [0.15, 0.2) is 0 Å². The highest BCUT2D eigenvalue weighted by molar-refractivity contribution is 7.89. The first-order valence-electron chi connectivity index (χ1n) is 7.04. The molecule has 0 unspecified atom stereocenters. The maximum Gasteiger partial charge on any atom is 0.242 e. The molecular weight excluding hydrogens is 272 g/mol. The minimum absolute atomic E-state index is 0.368. The zero-order chi connectivity index (χ0) is 14.9. The van der Waals surface area contributed by atoms with E-state index < -0.39 is 10.0 Å². The molecule has 0 radical (unpaired) electrons. The Morgan fingerprint density at radius 1 is 1.25 bits per heavy atom. The summed E-state index contributed by atoms with van der Waals surface area (Å²) in [6.45, 7) is 3.03. The Labute approximate surface area is 122 Å². The lowest BCUT2D eigenvalue weighted by Crippen LogP contribution is -2.30. The van der Waals surface area contributed by atoms with Crippen LogP contribution in [0.25, 0.3) is 0 Å². The Bertz CT molecular complexity index is 565. The first-order chi connectivity index (χ1) is 9.32. The molecule has 0 bridgehead atoms. The van der Waals surface area contributed by atoms with E-state index in [0.29, 0.717) is 10.9 Å². The first kappa shape index (κ1) is 15.5. The zero-order valence-corrected chi connectivity index (χ0v) is 13.5. The summed E-state index contributed by atoms with van der Waals surface area (Å²) in [6.07, 6.45) is 2.64. The second-order valence-electron chi connectivity index (χ2n) is 5.93. The highest BCUT2D eigenvalue weighted by Crippen LogP contribution is 2.35. The van der Waals surface area contributed by atoms with Gasteiger partial charge in [-0.25, -0.2) is 12.7 Å². The molecule has 112 valence electrons. The SMILES string of the molecule is C[C@H](C1CC1)N(C)Cc1cccc(S(=O)(=O)N(C)C)c1. The number of benzene rings is 1. The van der Waals surface area contributed by atoms with Gasteiger partial charge in [-0.1, -0.05) is 12.1 Å². The molecule has 1 aromatic rings. The van der Waals surface area contributed by atoms with E-state index >= 15 is 0 Å². The van der Waals surface area contributed by atoms with Crippen LogP contribution >= 0.6 is 0 Å². The largest absolute Gasteiger partial charge is 0.299 e. The molecule has 0 saturated heterocycles. The molecule has 1 saturated carbocycles. The third-order valence-electron chi connectivity index (χ3n) is 4.11.